The van der Waals surface area contributed by atoms with Gasteiger partial charge in [-0.05, 0) is 0 Å². The molecular formula is C5H9NO3. The second kappa shape index (κ2) is 2.80. The number of rotatable bonds is 2. The predicted molar refractivity (Wildman–Crippen MR) is 29.8 cm³/mol. The summed E-state index contributed by atoms with van der Waals surface area (Å²) in [5.74, 6) is -0.225. The molecule has 0 amide bonds. The summed E-state index contributed by atoms with van der Waals surface area (Å²) in [6.07, 6.45) is 0. The van der Waals surface area contributed by atoms with E-state index >= 15 is 0 Å². The minimum absolute atomic E-state index is 0.225. The van der Waals surface area contributed by atoms with Gasteiger partial charge in [-0.25, -0.2) is 0 Å². The van der Waals surface area contributed by atoms with E-state index in [0.29, 0.717) is 13.3 Å². The number of nitrogens with one attached hydrogen (secondary N) is 1. The van der Waals surface area contributed by atoms with Gasteiger partial charge in [-0.1, -0.05) is 0 Å². The highest BCUT2D eigenvalue weighted by atomic mass is 16.6. The van der Waals surface area contributed by atoms with Crippen LogP contribution in [0.2, 0.25) is 0 Å². The molecule has 4 heteroatoms. The van der Waals surface area contributed by atoms with Crippen molar-refractivity contribution in [3.05, 3.63) is 0 Å². The van der Waals surface area contributed by atoms with E-state index in [4.69, 9.17) is 4.74 Å². The molecule has 0 spiro atoms. The summed E-state index contributed by atoms with van der Waals surface area (Å²) in [5.41, 5.74) is 0. The highest BCUT2D eigenvalue weighted by Crippen LogP contribution is 1.95. The molecule has 1 saturated heterocycles. The molecule has 1 atom stereocenters. The Balaban J connectivity index is 2.31. The van der Waals surface area contributed by atoms with E-state index in [0.717, 1.165) is 0 Å². The SMILES string of the molecule is COCC1NCOC1=O. The first-order chi connectivity index (χ1) is 4.34. The molecule has 1 rings (SSSR count). The first kappa shape index (κ1) is 6.51. The van der Waals surface area contributed by atoms with Crippen LogP contribution in [0.4, 0.5) is 0 Å². The van der Waals surface area contributed by atoms with E-state index < -0.39 is 0 Å². The monoisotopic (exact) mass is 131 g/mol. The molecule has 0 bridgehead atoms. The van der Waals surface area contributed by atoms with E-state index in [9.17, 15) is 4.79 Å². The molecule has 4 nitrogen and oxygen atoms in total. The summed E-state index contributed by atoms with van der Waals surface area (Å²) >= 11 is 0. The fourth-order valence-electron chi connectivity index (χ4n) is 0.691. The normalized spacial score (nSPS) is 26.3. The molecule has 0 aliphatic carbocycles. The van der Waals surface area contributed by atoms with E-state index in [-0.39, 0.29) is 12.0 Å². The van der Waals surface area contributed by atoms with Crippen molar-refractivity contribution in [2.45, 2.75) is 6.04 Å². The lowest BCUT2D eigenvalue weighted by atomic mass is 10.3. The van der Waals surface area contributed by atoms with Crippen molar-refractivity contribution in [1.82, 2.24) is 5.32 Å². The van der Waals surface area contributed by atoms with Crippen molar-refractivity contribution in [1.29, 1.82) is 0 Å². The summed E-state index contributed by atoms with van der Waals surface area (Å²) in [4.78, 5) is 10.6. The van der Waals surface area contributed by atoms with Gasteiger partial charge in [-0.2, -0.15) is 0 Å². The number of carbonyl (C=O) groups is 1. The first-order valence-electron chi connectivity index (χ1n) is 2.73. The van der Waals surface area contributed by atoms with Crippen LogP contribution in [-0.2, 0) is 14.3 Å². The van der Waals surface area contributed by atoms with Gasteiger partial charge in [0.05, 0.1) is 6.61 Å². The number of cyclic esters (lactones) is 1. The summed E-state index contributed by atoms with van der Waals surface area (Å²) < 4.78 is 9.32. The van der Waals surface area contributed by atoms with Gasteiger partial charge in [0, 0.05) is 7.11 Å². The molecule has 1 aliphatic rings. The molecule has 0 radical (unpaired) electrons. The topological polar surface area (TPSA) is 47.6 Å². The lowest BCUT2D eigenvalue weighted by molar-refractivity contribution is -0.139. The number of carbonyl (C=O) groups excluding carboxylic acids is 1. The summed E-state index contributed by atoms with van der Waals surface area (Å²) in [5, 5.41) is 2.81. The van der Waals surface area contributed by atoms with E-state index in [1.54, 1.807) is 7.11 Å². The Morgan fingerprint density at radius 2 is 2.78 bits per heavy atom. The smallest absolute Gasteiger partial charge is 0.326 e. The molecule has 1 unspecified atom stereocenters. The standard InChI is InChI=1S/C5H9NO3/c1-8-2-4-5(7)9-3-6-4/h4,6H,2-3H2,1H3. The van der Waals surface area contributed by atoms with Crippen molar-refractivity contribution < 1.29 is 14.3 Å². The lowest BCUT2D eigenvalue weighted by Crippen LogP contribution is -2.31. The van der Waals surface area contributed by atoms with Crippen molar-refractivity contribution in [2.75, 3.05) is 20.4 Å². The maximum Gasteiger partial charge on any atom is 0.326 e. The molecular weight excluding hydrogens is 122 g/mol. The van der Waals surface area contributed by atoms with Crippen LogP contribution in [0.1, 0.15) is 0 Å². The Morgan fingerprint density at radius 1 is 2.00 bits per heavy atom. The predicted octanol–water partition coefficient (Wildman–Crippen LogP) is -0.895. The molecule has 9 heavy (non-hydrogen) atoms. The minimum Gasteiger partial charge on any atom is -0.448 e. The zero-order valence-corrected chi connectivity index (χ0v) is 5.22. The van der Waals surface area contributed by atoms with Crippen LogP contribution in [0.15, 0.2) is 0 Å². The molecule has 0 aromatic rings. The van der Waals surface area contributed by atoms with E-state index in [1.807, 2.05) is 0 Å². The third kappa shape index (κ3) is 1.40. The quantitative estimate of drug-likeness (QED) is 0.494. The molecule has 1 N–H and O–H groups in total. The Kier molecular flexibility index (Phi) is 2.02. The third-order valence-corrected chi connectivity index (χ3v) is 1.16. The van der Waals surface area contributed by atoms with Gasteiger partial charge >= 0.3 is 5.97 Å². The van der Waals surface area contributed by atoms with Crippen LogP contribution in [0.3, 0.4) is 0 Å². The van der Waals surface area contributed by atoms with Gasteiger partial charge in [-0.3, -0.25) is 10.1 Å². The molecule has 0 aromatic heterocycles. The highest BCUT2D eigenvalue weighted by molar-refractivity contribution is 5.77. The van der Waals surface area contributed by atoms with Crippen molar-refractivity contribution in [3.8, 4) is 0 Å². The Morgan fingerprint density at radius 3 is 3.22 bits per heavy atom. The highest BCUT2D eigenvalue weighted by Gasteiger charge is 2.24. The van der Waals surface area contributed by atoms with Crippen molar-refractivity contribution in [3.63, 3.8) is 0 Å². The zero-order valence-electron chi connectivity index (χ0n) is 5.22. The van der Waals surface area contributed by atoms with Gasteiger partial charge in [0.25, 0.3) is 0 Å². The third-order valence-electron chi connectivity index (χ3n) is 1.16. The zero-order chi connectivity index (χ0) is 6.69. The minimum atomic E-state index is -0.255. The van der Waals surface area contributed by atoms with Crippen LogP contribution >= 0.6 is 0 Å². The van der Waals surface area contributed by atoms with Crippen molar-refractivity contribution in [2.24, 2.45) is 0 Å². The van der Waals surface area contributed by atoms with Crippen LogP contribution in [0.5, 0.6) is 0 Å². The van der Waals surface area contributed by atoms with E-state index in [2.05, 4.69) is 10.1 Å². The molecule has 0 saturated carbocycles. The average molecular weight is 131 g/mol. The van der Waals surface area contributed by atoms with Gasteiger partial charge in [0.15, 0.2) is 0 Å². The van der Waals surface area contributed by atoms with Gasteiger partial charge in [0.1, 0.15) is 12.8 Å². The van der Waals surface area contributed by atoms with Crippen LogP contribution in [0.25, 0.3) is 0 Å². The maximum atomic E-state index is 10.6. The lowest BCUT2D eigenvalue weighted by Gasteiger charge is -2.01. The summed E-state index contributed by atoms with van der Waals surface area (Å²) in [6, 6.07) is -0.255. The Bertz CT molecular complexity index is 115. The summed E-state index contributed by atoms with van der Waals surface area (Å²) in [6.45, 7) is 0.700. The van der Waals surface area contributed by atoms with E-state index in [1.165, 1.54) is 0 Å². The fraction of sp³-hybridized carbons (Fsp3) is 0.800. The second-order valence-corrected chi connectivity index (χ2v) is 1.82. The fourth-order valence-corrected chi connectivity index (χ4v) is 0.691. The first-order valence-corrected chi connectivity index (χ1v) is 2.73. The number of hydrogen-bond donors (Lipinski definition) is 1. The number of methoxy groups -OCH3 is 1. The van der Waals surface area contributed by atoms with Crippen molar-refractivity contribution >= 4 is 5.97 Å². The number of ether oxygens (including phenoxy) is 2. The van der Waals surface area contributed by atoms with Gasteiger partial charge < -0.3 is 9.47 Å². The largest absolute Gasteiger partial charge is 0.448 e. The van der Waals surface area contributed by atoms with Crippen LogP contribution < -0.4 is 5.32 Å². The molecule has 1 fully saturated rings. The molecule has 1 aliphatic heterocycles. The molecule has 0 aromatic carbocycles. The maximum absolute atomic E-state index is 10.6. The van der Waals surface area contributed by atoms with Crippen LogP contribution in [-0.4, -0.2) is 32.5 Å². The van der Waals surface area contributed by atoms with Gasteiger partial charge in [-0.15, -0.1) is 0 Å². The number of esters is 1. The molecule has 52 valence electrons. The summed E-state index contributed by atoms with van der Waals surface area (Å²) in [7, 11) is 1.55. The average Bonchev–Trinajstić information content (AvgIpc) is 2.18. The Hall–Kier alpha value is -0.610. The second-order valence-electron chi connectivity index (χ2n) is 1.82. The van der Waals surface area contributed by atoms with Gasteiger partial charge in [0.2, 0.25) is 0 Å². The number of hydrogen-bond acceptors (Lipinski definition) is 4. The Labute approximate surface area is 53.1 Å². The molecule has 1 heterocycles. The van der Waals surface area contributed by atoms with Crippen LogP contribution in [0, 0.1) is 0 Å².